The molecule has 1 heterocycles. The molecule has 1 aliphatic carbocycles. The Labute approximate surface area is 83.8 Å². The number of cyclic esters (lactones) is 2. The maximum absolute atomic E-state index is 11.3. The van der Waals surface area contributed by atoms with Crippen LogP contribution in [0.15, 0.2) is 0 Å². The number of hydrogen-bond acceptors (Lipinski definition) is 3. The number of rotatable bonds is 1. The van der Waals surface area contributed by atoms with Crippen molar-refractivity contribution in [1.82, 2.24) is 0 Å². The summed E-state index contributed by atoms with van der Waals surface area (Å²) in [7, 11) is 0. The van der Waals surface area contributed by atoms with Gasteiger partial charge in [-0.05, 0) is 24.7 Å². The van der Waals surface area contributed by atoms with Gasteiger partial charge in [-0.1, -0.05) is 19.8 Å². The molecule has 0 aromatic rings. The van der Waals surface area contributed by atoms with Crippen LogP contribution in [0.3, 0.4) is 0 Å². The smallest absolute Gasteiger partial charge is 0.317 e. The van der Waals surface area contributed by atoms with Gasteiger partial charge >= 0.3 is 11.9 Å². The number of carbonyl (C=O) groups is 2. The second kappa shape index (κ2) is 3.71. The van der Waals surface area contributed by atoms with E-state index in [2.05, 4.69) is 11.7 Å². The third-order valence-corrected chi connectivity index (χ3v) is 3.45. The average molecular weight is 196 g/mol. The SMILES string of the molecule is CC1CCCC(C2CC(=O)OC2=O)C1. The fourth-order valence-electron chi connectivity index (χ4n) is 2.70. The van der Waals surface area contributed by atoms with Crippen LogP contribution in [0.2, 0.25) is 0 Å². The highest BCUT2D eigenvalue weighted by atomic mass is 16.6. The van der Waals surface area contributed by atoms with Crippen molar-refractivity contribution in [3.63, 3.8) is 0 Å². The Bertz CT molecular complexity index is 259. The van der Waals surface area contributed by atoms with Gasteiger partial charge in [0.15, 0.2) is 0 Å². The van der Waals surface area contributed by atoms with Gasteiger partial charge in [-0.15, -0.1) is 0 Å². The number of carbonyl (C=O) groups excluding carboxylic acids is 2. The minimum absolute atomic E-state index is 0.134. The fourth-order valence-corrected chi connectivity index (χ4v) is 2.70. The van der Waals surface area contributed by atoms with Crippen molar-refractivity contribution in [2.45, 2.75) is 39.0 Å². The molecule has 1 aliphatic heterocycles. The molecule has 3 unspecified atom stereocenters. The third-order valence-electron chi connectivity index (χ3n) is 3.45. The topological polar surface area (TPSA) is 43.4 Å². The molecule has 2 aliphatic rings. The maximum Gasteiger partial charge on any atom is 0.317 e. The predicted molar refractivity (Wildman–Crippen MR) is 50.3 cm³/mol. The van der Waals surface area contributed by atoms with E-state index in [1.807, 2.05) is 0 Å². The van der Waals surface area contributed by atoms with E-state index in [0.717, 1.165) is 12.8 Å². The van der Waals surface area contributed by atoms with Crippen LogP contribution < -0.4 is 0 Å². The Hall–Kier alpha value is -0.860. The van der Waals surface area contributed by atoms with Crippen LogP contribution in [0.4, 0.5) is 0 Å². The molecular weight excluding hydrogens is 180 g/mol. The molecule has 3 nitrogen and oxygen atoms in total. The number of esters is 2. The van der Waals surface area contributed by atoms with E-state index in [4.69, 9.17) is 0 Å². The van der Waals surface area contributed by atoms with Crippen LogP contribution in [0.25, 0.3) is 0 Å². The molecule has 0 aromatic heterocycles. The van der Waals surface area contributed by atoms with Crippen LogP contribution in [-0.2, 0) is 14.3 Å². The molecule has 78 valence electrons. The highest BCUT2D eigenvalue weighted by Gasteiger charge is 2.40. The molecule has 0 radical (unpaired) electrons. The van der Waals surface area contributed by atoms with E-state index >= 15 is 0 Å². The summed E-state index contributed by atoms with van der Waals surface area (Å²) in [5.41, 5.74) is 0. The highest BCUT2D eigenvalue weighted by Crippen LogP contribution is 2.37. The summed E-state index contributed by atoms with van der Waals surface area (Å²) < 4.78 is 4.58. The molecule has 0 aromatic carbocycles. The summed E-state index contributed by atoms with van der Waals surface area (Å²) in [4.78, 5) is 22.3. The zero-order valence-electron chi connectivity index (χ0n) is 8.49. The highest BCUT2D eigenvalue weighted by molar-refractivity contribution is 5.94. The van der Waals surface area contributed by atoms with Crippen molar-refractivity contribution in [1.29, 1.82) is 0 Å². The number of hydrogen-bond donors (Lipinski definition) is 0. The van der Waals surface area contributed by atoms with Crippen molar-refractivity contribution in [2.24, 2.45) is 17.8 Å². The first-order valence-corrected chi connectivity index (χ1v) is 5.41. The van der Waals surface area contributed by atoms with Crippen molar-refractivity contribution in [2.75, 3.05) is 0 Å². The molecule has 0 N–H and O–H groups in total. The molecule has 0 bridgehead atoms. The van der Waals surface area contributed by atoms with E-state index in [-0.39, 0.29) is 17.9 Å². The van der Waals surface area contributed by atoms with Crippen LogP contribution in [-0.4, -0.2) is 11.9 Å². The molecule has 3 heteroatoms. The van der Waals surface area contributed by atoms with Gasteiger partial charge in [-0.3, -0.25) is 9.59 Å². The molecule has 2 fully saturated rings. The Morgan fingerprint density at radius 3 is 2.64 bits per heavy atom. The first-order chi connectivity index (χ1) is 6.66. The minimum atomic E-state index is -0.335. The maximum atomic E-state index is 11.3. The zero-order chi connectivity index (χ0) is 10.1. The molecule has 2 rings (SSSR count). The minimum Gasteiger partial charge on any atom is -0.393 e. The summed E-state index contributed by atoms with van der Waals surface area (Å²) >= 11 is 0. The van der Waals surface area contributed by atoms with Crippen LogP contribution in [0.5, 0.6) is 0 Å². The predicted octanol–water partition coefficient (Wildman–Crippen LogP) is 1.90. The van der Waals surface area contributed by atoms with Gasteiger partial charge in [0.1, 0.15) is 0 Å². The van der Waals surface area contributed by atoms with Gasteiger partial charge in [-0.2, -0.15) is 0 Å². The first kappa shape index (κ1) is 9.69. The molecule has 0 amide bonds. The molecule has 3 atom stereocenters. The zero-order valence-corrected chi connectivity index (χ0v) is 8.49. The van der Waals surface area contributed by atoms with E-state index in [1.54, 1.807) is 0 Å². The van der Waals surface area contributed by atoms with Crippen LogP contribution in [0, 0.1) is 17.8 Å². The molecular formula is C11H16O3. The van der Waals surface area contributed by atoms with Gasteiger partial charge in [-0.25, -0.2) is 0 Å². The Morgan fingerprint density at radius 1 is 1.29 bits per heavy atom. The van der Waals surface area contributed by atoms with E-state index in [1.165, 1.54) is 12.8 Å². The average Bonchev–Trinajstić information content (AvgIpc) is 2.45. The van der Waals surface area contributed by atoms with Gasteiger partial charge in [0, 0.05) is 0 Å². The first-order valence-electron chi connectivity index (χ1n) is 5.41. The van der Waals surface area contributed by atoms with E-state index < -0.39 is 0 Å². The van der Waals surface area contributed by atoms with Crippen LogP contribution in [0.1, 0.15) is 39.0 Å². The van der Waals surface area contributed by atoms with Crippen molar-refractivity contribution < 1.29 is 14.3 Å². The second-order valence-corrected chi connectivity index (χ2v) is 4.64. The quantitative estimate of drug-likeness (QED) is 0.475. The normalized spacial score (nSPS) is 38.5. The Morgan fingerprint density at radius 2 is 2.07 bits per heavy atom. The van der Waals surface area contributed by atoms with Gasteiger partial charge in [0.2, 0.25) is 0 Å². The summed E-state index contributed by atoms with van der Waals surface area (Å²) in [5.74, 6) is 0.326. The lowest BCUT2D eigenvalue weighted by molar-refractivity contribution is -0.153. The largest absolute Gasteiger partial charge is 0.393 e. The van der Waals surface area contributed by atoms with E-state index in [0.29, 0.717) is 18.3 Å². The summed E-state index contributed by atoms with van der Waals surface area (Å²) in [6.07, 6.45) is 4.91. The summed E-state index contributed by atoms with van der Waals surface area (Å²) in [6, 6.07) is 0. The monoisotopic (exact) mass is 196 g/mol. The van der Waals surface area contributed by atoms with Crippen molar-refractivity contribution in [3.8, 4) is 0 Å². The molecule has 1 saturated heterocycles. The molecule has 14 heavy (non-hydrogen) atoms. The van der Waals surface area contributed by atoms with E-state index in [9.17, 15) is 9.59 Å². The Kier molecular flexibility index (Phi) is 2.57. The summed E-state index contributed by atoms with van der Waals surface area (Å²) in [6.45, 7) is 2.22. The van der Waals surface area contributed by atoms with Crippen molar-refractivity contribution >= 4 is 11.9 Å². The lowest BCUT2D eigenvalue weighted by Crippen LogP contribution is -2.24. The third kappa shape index (κ3) is 1.81. The summed E-state index contributed by atoms with van der Waals surface area (Å²) in [5, 5.41) is 0. The lowest BCUT2D eigenvalue weighted by atomic mass is 9.75. The second-order valence-electron chi connectivity index (χ2n) is 4.64. The Balaban J connectivity index is 2.00. The van der Waals surface area contributed by atoms with Gasteiger partial charge < -0.3 is 4.74 Å². The number of ether oxygens (including phenoxy) is 1. The van der Waals surface area contributed by atoms with Crippen molar-refractivity contribution in [3.05, 3.63) is 0 Å². The molecule has 1 saturated carbocycles. The standard InChI is InChI=1S/C11H16O3/c1-7-3-2-4-8(5-7)9-6-10(12)14-11(9)13/h7-9H,2-6H2,1H3. The van der Waals surface area contributed by atoms with Crippen LogP contribution >= 0.6 is 0 Å². The fraction of sp³-hybridized carbons (Fsp3) is 0.818. The lowest BCUT2D eigenvalue weighted by Gasteiger charge is -2.28. The molecule has 0 spiro atoms. The van der Waals surface area contributed by atoms with Gasteiger partial charge in [0.05, 0.1) is 12.3 Å². The van der Waals surface area contributed by atoms with Gasteiger partial charge in [0.25, 0.3) is 0 Å².